The van der Waals surface area contributed by atoms with Crippen LogP contribution in [0, 0.1) is 6.92 Å². The van der Waals surface area contributed by atoms with E-state index in [1.807, 2.05) is 51.1 Å². The molecular weight excluding hydrogens is 554 g/mol. The van der Waals surface area contributed by atoms with Gasteiger partial charge in [0.2, 0.25) is 11.8 Å². The van der Waals surface area contributed by atoms with Crippen molar-refractivity contribution >= 4 is 27.5 Å². The van der Waals surface area contributed by atoms with Crippen LogP contribution in [0.3, 0.4) is 0 Å². The predicted molar refractivity (Wildman–Crippen MR) is 164 cm³/mol. The van der Waals surface area contributed by atoms with E-state index >= 15 is 0 Å². The number of hydrogen-bond acceptors (Lipinski definition) is 6. The van der Waals surface area contributed by atoms with Gasteiger partial charge >= 0.3 is 0 Å². The Morgan fingerprint density at radius 2 is 1.55 bits per heavy atom. The summed E-state index contributed by atoms with van der Waals surface area (Å²) in [5.74, 6) is -0.0816. The number of amides is 2. The highest BCUT2D eigenvalue weighted by molar-refractivity contribution is 7.92. The topological polar surface area (TPSA) is 105 Å². The number of hydrogen-bond donors (Lipinski definition) is 1. The van der Waals surface area contributed by atoms with Gasteiger partial charge in [0, 0.05) is 18.7 Å². The Hall–Kier alpha value is -4.05. The number of aryl methyl sites for hydroxylation is 1. The lowest BCUT2D eigenvalue weighted by Gasteiger charge is -2.32. The van der Waals surface area contributed by atoms with Crippen LogP contribution in [0.4, 0.5) is 5.69 Å². The average molecular weight is 596 g/mol. The minimum Gasteiger partial charge on any atom is -0.493 e. The fourth-order valence-electron chi connectivity index (χ4n) is 4.38. The van der Waals surface area contributed by atoms with E-state index < -0.39 is 28.5 Å². The second-order valence-corrected chi connectivity index (χ2v) is 12.0. The molecule has 0 aliphatic heterocycles. The molecule has 0 aromatic heterocycles. The summed E-state index contributed by atoms with van der Waals surface area (Å²) in [6.45, 7) is 7.08. The molecule has 0 radical (unpaired) electrons. The van der Waals surface area contributed by atoms with Crippen LogP contribution in [0.15, 0.2) is 77.7 Å². The number of carbonyl (C=O) groups is 2. The first-order valence-corrected chi connectivity index (χ1v) is 15.4. The number of nitrogens with zero attached hydrogens (tertiary/aromatic N) is 2. The van der Waals surface area contributed by atoms with E-state index in [4.69, 9.17) is 9.47 Å². The van der Waals surface area contributed by atoms with Gasteiger partial charge in [-0.3, -0.25) is 13.9 Å². The maximum atomic E-state index is 14.0. The molecule has 9 nitrogen and oxygen atoms in total. The highest BCUT2D eigenvalue weighted by Crippen LogP contribution is 2.34. The van der Waals surface area contributed by atoms with Crippen LogP contribution in [0.2, 0.25) is 0 Å². The molecule has 2 amide bonds. The van der Waals surface area contributed by atoms with Gasteiger partial charge in [-0.15, -0.1) is 0 Å². The fourth-order valence-corrected chi connectivity index (χ4v) is 5.79. The Bertz CT molecular complexity index is 1440. The number of nitrogens with one attached hydrogen (secondary N) is 1. The molecule has 10 heteroatoms. The number of rotatable bonds is 14. The van der Waals surface area contributed by atoms with Gasteiger partial charge in [0.1, 0.15) is 12.6 Å². The maximum absolute atomic E-state index is 14.0. The van der Waals surface area contributed by atoms with Gasteiger partial charge in [-0.2, -0.15) is 0 Å². The summed E-state index contributed by atoms with van der Waals surface area (Å²) in [4.78, 5) is 28.7. The van der Waals surface area contributed by atoms with Gasteiger partial charge in [-0.1, -0.05) is 55.0 Å². The first-order chi connectivity index (χ1) is 20.0. The Kier molecular flexibility index (Phi) is 11.4. The van der Waals surface area contributed by atoms with Crippen LogP contribution in [0.25, 0.3) is 0 Å². The number of sulfonamides is 1. The molecule has 226 valence electrons. The molecule has 3 aromatic rings. The lowest BCUT2D eigenvalue weighted by Crippen LogP contribution is -2.53. The molecule has 42 heavy (non-hydrogen) atoms. The molecule has 0 spiro atoms. The van der Waals surface area contributed by atoms with Crippen molar-refractivity contribution < 1.29 is 27.5 Å². The molecule has 3 rings (SSSR count). The van der Waals surface area contributed by atoms with E-state index in [9.17, 15) is 18.0 Å². The normalized spacial score (nSPS) is 12.6. The zero-order valence-corrected chi connectivity index (χ0v) is 26.0. The van der Waals surface area contributed by atoms with E-state index in [2.05, 4.69) is 5.32 Å². The van der Waals surface area contributed by atoms with Gasteiger partial charge in [0.05, 0.1) is 24.8 Å². The minimum atomic E-state index is -4.19. The van der Waals surface area contributed by atoms with Crippen LogP contribution in [-0.4, -0.2) is 64.5 Å². The number of benzene rings is 3. The largest absolute Gasteiger partial charge is 0.493 e. The summed E-state index contributed by atoms with van der Waals surface area (Å²) in [6, 6.07) is 19.8. The van der Waals surface area contributed by atoms with Crippen molar-refractivity contribution in [3.8, 4) is 11.5 Å². The fraction of sp³-hybridized carbons (Fsp3) is 0.375. The summed E-state index contributed by atoms with van der Waals surface area (Å²) in [6.07, 6.45) is 1.23. The van der Waals surface area contributed by atoms with Crippen LogP contribution >= 0.6 is 0 Å². The quantitative estimate of drug-likeness (QED) is 0.293. The van der Waals surface area contributed by atoms with Crippen LogP contribution < -0.4 is 19.1 Å². The molecule has 2 atom stereocenters. The van der Waals surface area contributed by atoms with Crippen LogP contribution in [0.5, 0.6) is 11.5 Å². The number of ether oxygens (including phenoxy) is 2. The first-order valence-electron chi connectivity index (χ1n) is 14.0. The molecule has 0 saturated carbocycles. The third-order valence-corrected chi connectivity index (χ3v) is 8.98. The van der Waals surface area contributed by atoms with Crippen molar-refractivity contribution in [1.29, 1.82) is 0 Å². The zero-order chi connectivity index (χ0) is 30.9. The van der Waals surface area contributed by atoms with Crippen molar-refractivity contribution in [2.45, 2.75) is 57.5 Å². The van der Waals surface area contributed by atoms with Gasteiger partial charge < -0.3 is 19.7 Å². The van der Waals surface area contributed by atoms with E-state index in [0.717, 1.165) is 21.9 Å². The Morgan fingerprint density at radius 3 is 2.14 bits per heavy atom. The van der Waals surface area contributed by atoms with Gasteiger partial charge in [0.25, 0.3) is 10.0 Å². The number of anilines is 1. The summed E-state index contributed by atoms with van der Waals surface area (Å²) in [5.41, 5.74) is 2.12. The molecule has 0 heterocycles. The third kappa shape index (κ3) is 8.03. The standard InChI is InChI=1S/C32H41N3O6S/c1-7-24(3)33-32(37)25(4)34(20-19-26-11-9-8-10-12-26)31(36)22-35(27-15-18-29(40-5)30(21-27)41-6)42(38,39)28-16-13-23(2)14-17-28/h8-18,21,24-25H,7,19-20,22H2,1-6H3,(H,33,37)/t24-,25-/m0/s1. The van der Waals surface area contributed by atoms with Gasteiger partial charge in [-0.25, -0.2) is 8.42 Å². The maximum Gasteiger partial charge on any atom is 0.264 e. The van der Waals surface area contributed by atoms with Crippen molar-refractivity contribution in [2.24, 2.45) is 0 Å². The molecule has 0 bridgehead atoms. The monoisotopic (exact) mass is 595 g/mol. The third-order valence-electron chi connectivity index (χ3n) is 7.20. The number of methoxy groups -OCH3 is 2. The summed E-state index contributed by atoms with van der Waals surface area (Å²) in [5, 5.41) is 2.94. The molecule has 3 aromatic carbocycles. The average Bonchev–Trinajstić information content (AvgIpc) is 2.99. The van der Waals surface area contributed by atoms with Crippen molar-refractivity contribution in [3.63, 3.8) is 0 Å². The second-order valence-electron chi connectivity index (χ2n) is 10.2. The SMILES string of the molecule is CC[C@H](C)NC(=O)[C@H](C)N(CCc1ccccc1)C(=O)CN(c1ccc(OC)c(OC)c1)S(=O)(=O)c1ccc(C)cc1. The van der Waals surface area contributed by atoms with E-state index in [1.165, 1.54) is 37.3 Å². The molecule has 0 fully saturated rings. The molecule has 0 saturated heterocycles. The van der Waals surface area contributed by atoms with E-state index in [-0.39, 0.29) is 29.1 Å². The Balaban J connectivity index is 2.03. The van der Waals surface area contributed by atoms with Crippen molar-refractivity contribution in [3.05, 3.63) is 83.9 Å². The Labute approximate surface area is 249 Å². The summed E-state index contributed by atoms with van der Waals surface area (Å²) < 4.78 is 39.9. The summed E-state index contributed by atoms with van der Waals surface area (Å²) >= 11 is 0. The number of carbonyl (C=O) groups excluding carboxylic acids is 2. The second kappa shape index (κ2) is 14.7. The molecule has 1 N–H and O–H groups in total. The van der Waals surface area contributed by atoms with Crippen LogP contribution in [-0.2, 0) is 26.0 Å². The lowest BCUT2D eigenvalue weighted by molar-refractivity contribution is -0.139. The molecule has 0 unspecified atom stereocenters. The molecule has 0 aliphatic rings. The zero-order valence-electron chi connectivity index (χ0n) is 25.2. The summed E-state index contributed by atoms with van der Waals surface area (Å²) in [7, 11) is -1.25. The Morgan fingerprint density at radius 1 is 0.905 bits per heavy atom. The lowest BCUT2D eigenvalue weighted by atomic mass is 10.1. The van der Waals surface area contributed by atoms with Crippen LogP contribution in [0.1, 0.15) is 38.3 Å². The highest BCUT2D eigenvalue weighted by Gasteiger charge is 2.33. The van der Waals surface area contributed by atoms with Gasteiger partial charge in [0.15, 0.2) is 11.5 Å². The first kappa shape index (κ1) is 32.5. The molecular formula is C32H41N3O6S. The predicted octanol–water partition coefficient (Wildman–Crippen LogP) is 4.58. The minimum absolute atomic E-state index is 0.0362. The van der Waals surface area contributed by atoms with E-state index in [1.54, 1.807) is 31.2 Å². The van der Waals surface area contributed by atoms with Crippen molar-refractivity contribution in [1.82, 2.24) is 10.2 Å². The van der Waals surface area contributed by atoms with E-state index in [0.29, 0.717) is 17.9 Å². The highest BCUT2D eigenvalue weighted by atomic mass is 32.2. The van der Waals surface area contributed by atoms with Crippen molar-refractivity contribution in [2.75, 3.05) is 31.6 Å². The van der Waals surface area contributed by atoms with Gasteiger partial charge in [-0.05, 0) is 63.4 Å². The molecule has 0 aliphatic carbocycles. The smallest absolute Gasteiger partial charge is 0.264 e.